The average Bonchev–Trinajstić information content (AvgIpc) is 2.66. The third-order valence-corrected chi connectivity index (χ3v) is 3.65. The van der Waals surface area contributed by atoms with Crippen LogP contribution in [0, 0.1) is 23.7 Å². The number of nitrogens with one attached hydrogen (secondary N) is 2. The number of nitrogens with zero attached hydrogens (tertiary/aromatic N) is 1. The molecule has 2 amide bonds. The summed E-state index contributed by atoms with van der Waals surface area (Å²) in [6.45, 7) is 2.38. The summed E-state index contributed by atoms with van der Waals surface area (Å²) in [7, 11) is 0. The molecule has 1 aliphatic carbocycles. The zero-order valence-electron chi connectivity index (χ0n) is 8.84. The molecule has 0 aromatic carbocycles. The van der Waals surface area contributed by atoms with Gasteiger partial charge < -0.3 is 4.90 Å². The number of hydrogen-bond acceptors (Lipinski definition) is 2. The summed E-state index contributed by atoms with van der Waals surface area (Å²) < 4.78 is 0. The Labute approximate surface area is 89.5 Å². The number of carbonyl (C=O) groups excluding carboxylic acids is 1. The van der Waals surface area contributed by atoms with Crippen molar-refractivity contribution in [3.8, 4) is 12.3 Å². The normalized spacial score (nSPS) is 34.7. The molecule has 2 unspecified atom stereocenters. The van der Waals surface area contributed by atoms with Crippen LogP contribution in [0.15, 0.2) is 0 Å². The molecule has 2 atom stereocenters. The van der Waals surface area contributed by atoms with Crippen molar-refractivity contribution in [1.82, 2.24) is 10.2 Å². The first-order valence-corrected chi connectivity index (χ1v) is 5.24. The standard InChI is InChI=1S/C11H15N3O/c1-3-7-14-10(15)13-9(12)11(14)6-4-5-8(11)2/h1,8H,4-7H2,2H3,(H2,12,13,15). The van der Waals surface area contributed by atoms with Crippen molar-refractivity contribution < 1.29 is 4.79 Å². The Kier molecular flexibility index (Phi) is 2.18. The van der Waals surface area contributed by atoms with Crippen LogP contribution in [0.4, 0.5) is 4.79 Å². The topological polar surface area (TPSA) is 56.2 Å². The van der Waals surface area contributed by atoms with Crippen molar-refractivity contribution in [3.63, 3.8) is 0 Å². The predicted molar refractivity (Wildman–Crippen MR) is 57.5 cm³/mol. The predicted octanol–water partition coefficient (Wildman–Crippen LogP) is 1.18. The lowest BCUT2D eigenvalue weighted by molar-refractivity contribution is 0.165. The fourth-order valence-corrected chi connectivity index (χ4v) is 2.84. The number of hydrogen-bond donors (Lipinski definition) is 2. The van der Waals surface area contributed by atoms with Crippen molar-refractivity contribution in [3.05, 3.63) is 0 Å². The maximum Gasteiger partial charge on any atom is 0.324 e. The van der Waals surface area contributed by atoms with Crippen LogP contribution in [-0.2, 0) is 0 Å². The van der Waals surface area contributed by atoms with E-state index in [0.717, 1.165) is 19.3 Å². The molecule has 2 fully saturated rings. The van der Waals surface area contributed by atoms with Crippen LogP contribution < -0.4 is 5.32 Å². The van der Waals surface area contributed by atoms with E-state index < -0.39 is 5.54 Å². The van der Waals surface area contributed by atoms with Gasteiger partial charge in [0, 0.05) is 0 Å². The molecule has 2 rings (SSSR count). The number of rotatable bonds is 1. The first-order valence-electron chi connectivity index (χ1n) is 5.24. The van der Waals surface area contributed by atoms with Gasteiger partial charge in [0.2, 0.25) is 0 Å². The van der Waals surface area contributed by atoms with Crippen molar-refractivity contribution in [2.24, 2.45) is 5.92 Å². The van der Waals surface area contributed by atoms with Crippen molar-refractivity contribution >= 4 is 11.9 Å². The second kappa shape index (κ2) is 3.27. The highest BCUT2D eigenvalue weighted by Gasteiger charge is 2.55. The van der Waals surface area contributed by atoms with Crippen molar-refractivity contribution in [1.29, 1.82) is 5.41 Å². The number of urea groups is 1. The monoisotopic (exact) mass is 205 g/mol. The number of amides is 2. The molecule has 2 N–H and O–H groups in total. The van der Waals surface area contributed by atoms with Gasteiger partial charge in [0.25, 0.3) is 0 Å². The summed E-state index contributed by atoms with van der Waals surface area (Å²) >= 11 is 0. The van der Waals surface area contributed by atoms with Crippen LogP contribution in [-0.4, -0.2) is 28.9 Å². The largest absolute Gasteiger partial charge is 0.324 e. The van der Waals surface area contributed by atoms with Gasteiger partial charge in [-0.3, -0.25) is 10.7 Å². The van der Waals surface area contributed by atoms with Crippen LogP contribution in [0.25, 0.3) is 0 Å². The molecule has 1 aliphatic heterocycles. The van der Waals surface area contributed by atoms with Gasteiger partial charge in [-0.1, -0.05) is 19.3 Å². The Bertz CT molecular complexity index is 357. The molecule has 0 bridgehead atoms. The van der Waals surface area contributed by atoms with Gasteiger partial charge in [-0.05, 0) is 18.8 Å². The maximum atomic E-state index is 11.7. The van der Waals surface area contributed by atoms with Crippen LogP contribution in [0.2, 0.25) is 0 Å². The lowest BCUT2D eigenvalue weighted by Gasteiger charge is -2.35. The Morgan fingerprint density at radius 2 is 2.53 bits per heavy atom. The summed E-state index contributed by atoms with van der Waals surface area (Å²) in [5.74, 6) is 3.14. The minimum absolute atomic E-state index is 0.216. The molecule has 0 aromatic heterocycles. The highest BCUT2D eigenvalue weighted by Crippen LogP contribution is 2.42. The lowest BCUT2D eigenvalue weighted by atomic mass is 9.86. The zero-order chi connectivity index (χ0) is 11.1. The molecule has 4 heteroatoms. The minimum atomic E-state index is -0.441. The van der Waals surface area contributed by atoms with E-state index in [1.54, 1.807) is 4.90 Å². The van der Waals surface area contributed by atoms with Gasteiger partial charge in [-0.25, -0.2) is 4.79 Å². The second-order valence-corrected chi connectivity index (χ2v) is 4.31. The van der Waals surface area contributed by atoms with Crippen LogP contribution in [0.1, 0.15) is 26.2 Å². The fourth-order valence-electron chi connectivity index (χ4n) is 2.84. The SMILES string of the molecule is C#CCN1C(=O)NC(=N)C12CCCC2C. The Balaban J connectivity index is 2.39. The Morgan fingerprint density at radius 1 is 1.80 bits per heavy atom. The van der Waals surface area contributed by atoms with Crippen molar-refractivity contribution in [2.75, 3.05) is 6.54 Å². The summed E-state index contributed by atoms with van der Waals surface area (Å²) in [4.78, 5) is 13.3. The van der Waals surface area contributed by atoms with E-state index >= 15 is 0 Å². The van der Waals surface area contributed by atoms with E-state index in [-0.39, 0.29) is 6.03 Å². The number of terminal acetylenes is 1. The van der Waals surface area contributed by atoms with Gasteiger partial charge in [-0.15, -0.1) is 6.42 Å². The molecule has 1 saturated carbocycles. The van der Waals surface area contributed by atoms with Crippen molar-refractivity contribution in [2.45, 2.75) is 31.7 Å². The number of amidine groups is 1. The summed E-state index contributed by atoms with van der Waals surface area (Å²) in [5, 5.41) is 10.5. The van der Waals surface area contributed by atoms with Crippen LogP contribution >= 0.6 is 0 Å². The van der Waals surface area contributed by atoms with E-state index in [1.165, 1.54) is 0 Å². The Hall–Kier alpha value is -1.50. The third-order valence-electron chi connectivity index (χ3n) is 3.65. The van der Waals surface area contributed by atoms with Gasteiger partial charge in [0.1, 0.15) is 11.4 Å². The molecule has 0 radical (unpaired) electrons. The van der Waals surface area contributed by atoms with E-state index in [2.05, 4.69) is 18.2 Å². The zero-order valence-corrected chi connectivity index (χ0v) is 8.84. The molecule has 80 valence electrons. The first kappa shape index (κ1) is 10.0. The quantitative estimate of drug-likeness (QED) is 0.620. The third kappa shape index (κ3) is 1.16. The van der Waals surface area contributed by atoms with Gasteiger partial charge >= 0.3 is 6.03 Å². The fraction of sp³-hybridized carbons (Fsp3) is 0.636. The van der Waals surface area contributed by atoms with Gasteiger partial charge in [0.05, 0.1) is 6.54 Å². The highest BCUT2D eigenvalue weighted by atomic mass is 16.2. The molecule has 2 aliphatic rings. The molecule has 15 heavy (non-hydrogen) atoms. The second-order valence-electron chi connectivity index (χ2n) is 4.31. The van der Waals surface area contributed by atoms with Crippen LogP contribution in [0.3, 0.4) is 0 Å². The Morgan fingerprint density at radius 3 is 3.07 bits per heavy atom. The highest BCUT2D eigenvalue weighted by molar-refractivity contribution is 6.08. The summed E-state index contributed by atoms with van der Waals surface area (Å²) in [6, 6.07) is -0.216. The molecule has 1 heterocycles. The minimum Gasteiger partial charge on any atom is -0.300 e. The molecular formula is C11H15N3O. The maximum absolute atomic E-state index is 11.7. The molecule has 1 spiro atoms. The van der Waals surface area contributed by atoms with E-state index in [9.17, 15) is 4.79 Å². The molecule has 1 saturated heterocycles. The number of carbonyl (C=O) groups is 1. The van der Waals surface area contributed by atoms with E-state index in [0.29, 0.717) is 18.3 Å². The molecule has 4 nitrogen and oxygen atoms in total. The lowest BCUT2D eigenvalue weighted by Crippen LogP contribution is -2.51. The molecular weight excluding hydrogens is 190 g/mol. The summed E-state index contributed by atoms with van der Waals surface area (Å²) in [6.07, 6.45) is 8.23. The van der Waals surface area contributed by atoms with E-state index in [1.807, 2.05) is 0 Å². The van der Waals surface area contributed by atoms with Gasteiger partial charge in [0.15, 0.2) is 0 Å². The van der Waals surface area contributed by atoms with Gasteiger partial charge in [-0.2, -0.15) is 0 Å². The summed E-state index contributed by atoms with van der Waals surface area (Å²) in [5.41, 5.74) is -0.441. The van der Waals surface area contributed by atoms with Crippen LogP contribution in [0.5, 0.6) is 0 Å². The molecule has 0 aromatic rings. The average molecular weight is 205 g/mol. The van der Waals surface area contributed by atoms with E-state index in [4.69, 9.17) is 11.8 Å². The smallest absolute Gasteiger partial charge is 0.300 e. The first-order chi connectivity index (χ1) is 7.13.